The van der Waals surface area contributed by atoms with Gasteiger partial charge < -0.3 is 15.4 Å². The molecule has 2 aromatic rings. The fourth-order valence-corrected chi connectivity index (χ4v) is 3.43. The second kappa shape index (κ2) is 8.99. The number of anilines is 1. The Labute approximate surface area is 180 Å². The lowest BCUT2D eigenvalue weighted by molar-refractivity contribution is -0.150. The van der Waals surface area contributed by atoms with Crippen LogP contribution in [-0.2, 0) is 24.7 Å². The highest BCUT2D eigenvalue weighted by molar-refractivity contribution is 6.09. The minimum atomic E-state index is -1.27. The van der Waals surface area contributed by atoms with E-state index in [2.05, 4.69) is 10.6 Å². The number of carbonyl (C=O) groups excluding carboxylic acids is 4. The molecule has 1 saturated heterocycles. The molecule has 3 rings (SSSR count). The van der Waals surface area contributed by atoms with Crippen molar-refractivity contribution in [2.45, 2.75) is 32.2 Å². The summed E-state index contributed by atoms with van der Waals surface area (Å²) in [6.07, 6.45) is 0. The lowest BCUT2D eigenvalue weighted by Crippen LogP contribution is -2.41. The van der Waals surface area contributed by atoms with E-state index in [1.165, 1.54) is 0 Å². The van der Waals surface area contributed by atoms with Gasteiger partial charge in [-0.2, -0.15) is 0 Å². The first-order valence-electron chi connectivity index (χ1n) is 9.96. The Balaban J connectivity index is 1.57. The van der Waals surface area contributed by atoms with Crippen LogP contribution in [0, 0.1) is 0 Å². The summed E-state index contributed by atoms with van der Waals surface area (Å²) in [6, 6.07) is 15.4. The molecule has 0 radical (unpaired) electrons. The van der Waals surface area contributed by atoms with Crippen molar-refractivity contribution in [2.75, 3.05) is 18.5 Å². The largest absolute Gasteiger partial charge is 0.454 e. The van der Waals surface area contributed by atoms with E-state index >= 15 is 0 Å². The van der Waals surface area contributed by atoms with Gasteiger partial charge in [0.1, 0.15) is 12.1 Å². The lowest BCUT2D eigenvalue weighted by atomic mass is 9.92. The Morgan fingerprint density at radius 2 is 1.71 bits per heavy atom. The van der Waals surface area contributed by atoms with Crippen LogP contribution in [0.5, 0.6) is 0 Å². The average molecular weight is 423 g/mol. The Morgan fingerprint density at radius 3 is 2.39 bits per heavy atom. The van der Waals surface area contributed by atoms with Crippen LogP contribution in [0.4, 0.5) is 10.5 Å². The number of hydrogen-bond donors (Lipinski definition) is 2. The number of benzene rings is 2. The summed E-state index contributed by atoms with van der Waals surface area (Å²) >= 11 is 0. The van der Waals surface area contributed by atoms with Gasteiger partial charge in [0, 0.05) is 5.69 Å². The van der Waals surface area contributed by atoms with Gasteiger partial charge in [0.05, 0.1) is 0 Å². The molecule has 0 spiro atoms. The van der Waals surface area contributed by atoms with Crippen molar-refractivity contribution in [1.82, 2.24) is 10.2 Å². The molecular weight excluding hydrogens is 398 g/mol. The Morgan fingerprint density at radius 1 is 1.06 bits per heavy atom. The maximum atomic E-state index is 12.8. The van der Waals surface area contributed by atoms with Crippen LogP contribution in [0.1, 0.15) is 37.8 Å². The number of para-hydroxylation sites is 1. The van der Waals surface area contributed by atoms with Gasteiger partial charge in [-0.15, -0.1) is 0 Å². The molecule has 4 amide bonds. The first-order valence-corrected chi connectivity index (χ1v) is 9.96. The number of urea groups is 1. The zero-order valence-corrected chi connectivity index (χ0v) is 17.7. The first-order chi connectivity index (χ1) is 14.7. The highest BCUT2D eigenvalue weighted by Gasteiger charge is 2.49. The van der Waals surface area contributed by atoms with Gasteiger partial charge in [-0.05, 0) is 30.0 Å². The van der Waals surface area contributed by atoms with Crippen LogP contribution < -0.4 is 10.6 Å². The summed E-state index contributed by atoms with van der Waals surface area (Å²) in [6.45, 7) is 4.49. The first kappa shape index (κ1) is 22.0. The minimum Gasteiger partial charge on any atom is -0.454 e. The zero-order valence-electron chi connectivity index (χ0n) is 17.7. The third-order valence-corrected chi connectivity index (χ3v) is 5.13. The molecule has 2 aromatic carbocycles. The van der Waals surface area contributed by atoms with E-state index in [0.717, 1.165) is 10.5 Å². The normalized spacial score (nSPS) is 18.1. The van der Waals surface area contributed by atoms with Crippen molar-refractivity contribution in [2.24, 2.45) is 0 Å². The zero-order chi connectivity index (χ0) is 22.6. The van der Waals surface area contributed by atoms with E-state index in [1.54, 1.807) is 49.4 Å². The number of ether oxygens (including phenoxy) is 1. The van der Waals surface area contributed by atoms with Gasteiger partial charge >= 0.3 is 12.0 Å². The second-order valence-electron chi connectivity index (χ2n) is 7.76. The van der Waals surface area contributed by atoms with E-state index in [4.69, 9.17) is 4.74 Å². The smallest absolute Gasteiger partial charge is 0.326 e. The van der Waals surface area contributed by atoms with Gasteiger partial charge in [-0.25, -0.2) is 4.79 Å². The van der Waals surface area contributed by atoms with Gasteiger partial charge in [0.15, 0.2) is 6.61 Å². The van der Waals surface area contributed by atoms with Crippen LogP contribution in [0.2, 0.25) is 0 Å². The SMILES string of the molecule is CC(C)c1ccccc1NC(=O)COC(=O)CN1C(=O)N[C@](C)(c2ccccc2)C1=O. The highest BCUT2D eigenvalue weighted by Crippen LogP contribution is 2.28. The lowest BCUT2D eigenvalue weighted by Gasteiger charge is -2.21. The van der Waals surface area contributed by atoms with E-state index in [-0.39, 0.29) is 5.92 Å². The molecule has 162 valence electrons. The number of nitrogens with zero attached hydrogens (tertiary/aromatic N) is 1. The van der Waals surface area contributed by atoms with Crippen molar-refractivity contribution in [1.29, 1.82) is 0 Å². The van der Waals surface area contributed by atoms with Gasteiger partial charge in [-0.3, -0.25) is 19.3 Å². The third kappa shape index (κ3) is 4.74. The monoisotopic (exact) mass is 423 g/mol. The summed E-state index contributed by atoms with van der Waals surface area (Å²) in [5.74, 6) is -1.71. The summed E-state index contributed by atoms with van der Waals surface area (Å²) in [4.78, 5) is 50.3. The molecule has 1 heterocycles. The van der Waals surface area contributed by atoms with Crippen LogP contribution in [0.3, 0.4) is 0 Å². The minimum absolute atomic E-state index is 0.206. The summed E-state index contributed by atoms with van der Waals surface area (Å²) in [7, 11) is 0. The molecule has 1 fully saturated rings. The number of esters is 1. The number of carbonyl (C=O) groups is 4. The average Bonchev–Trinajstić information content (AvgIpc) is 2.97. The predicted molar refractivity (Wildman–Crippen MR) is 114 cm³/mol. The van der Waals surface area contributed by atoms with Gasteiger partial charge in [-0.1, -0.05) is 62.4 Å². The molecule has 0 saturated carbocycles. The fraction of sp³-hybridized carbons (Fsp3) is 0.304. The number of imide groups is 1. The summed E-state index contributed by atoms with van der Waals surface area (Å²) in [5.41, 5.74) is 0.941. The molecule has 1 atom stereocenters. The summed E-state index contributed by atoms with van der Waals surface area (Å²) in [5, 5.41) is 5.33. The van der Waals surface area contributed by atoms with Crippen molar-refractivity contribution in [3.63, 3.8) is 0 Å². The topological polar surface area (TPSA) is 105 Å². The number of hydrogen-bond acceptors (Lipinski definition) is 5. The van der Waals surface area contributed by atoms with Gasteiger partial charge in [0.25, 0.3) is 11.8 Å². The quantitative estimate of drug-likeness (QED) is 0.526. The van der Waals surface area contributed by atoms with Gasteiger partial charge in [0.2, 0.25) is 0 Å². The predicted octanol–water partition coefficient (Wildman–Crippen LogP) is 2.76. The van der Waals surface area contributed by atoms with E-state index in [1.807, 2.05) is 26.0 Å². The van der Waals surface area contributed by atoms with Crippen molar-refractivity contribution in [3.05, 3.63) is 65.7 Å². The third-order valence-electron chi connectivity index (χ3n) is 5.13. The number of nitrogens with one attached hydrogen (secondary N) is 2. The molecule has 0 aromatic heterocycles. The molecule has 8 heteroatoms. The van der Waals surface area contributed by atoms with Crippen LogP contribution >= 0.6 is 0 Å². The Hall–Kier alpha value is -3.68. The van der Waals surface area contributed by atoms with E-state index < -0.39 is 42.5 Å². The fourth-order valence-electron chi connectivity index (χ4n) is 3.43. The molecule has 1 aliphatic rings. The van der Waals surface area contributed by atoms with E-state index in [9.17, 15) is 19.2 Å². The molecule has 8 nitrogen and oxygen atoms in total. The second-order valence-corrected chi connectivity index (χ2v) is 7.76. The molecule has 0 unspecified atom stereocenters. The number of amides is 4. The maximum absolute atomic E-state index is 12.8. The molecule has 0 aliphatic carbocycles. The van der Waals surface area contributed by atoms with Crippen molar-refractivity contribution < 1.29 is 23.9 Å². The summed E-state index contributed by atoms with van der Waals surface area (Å²) < 4.78 is 4.98. The Bertz CT molecular complexity index is 1010. The molecule has 2 N–H and O–H groups in total. The number of rotatable bonds is 7. The van der Waals surface area contributed by atoms with Crippen LogP contribution in [-0.4, -0.2) is 41.9 Å². The molecule has 0 bridgehead atoms. The maximum Gasteiger partial charge on any atom is 0.326 e. The standard InChI is InChI=1S/C23H25N3O5/c1-15(2)17-11-7-8-12-18(17)24-19(27)14-31-20(28)13-26-21(29)23(3,25-22(26)30)16-9-5-4-6-10-16/h4-12,15H,13-14H2,1-3H3,(H,24,27)(H,25,30)/t23-/m1/s1. The van der Waals surface area contributed by atoms with E-state index in [0.29, 0.717) is 11.3 Å². The Kier molecular flexibility index (Phi) is 6.39. The highest BCUT2D eigenvalue weighted by atomic mass is 16.5. The molecule has 1 aliphatic heterocycles. The van der Waals surface area contributed by atoms with Crippen LogP contribution in [0.15, 0.2) is 54.6 Å². The molecular formula is C23H25N3O5. The molecule has 31 heavy (non-hydrogen) atoms. The van der Waals surface area contributed by atoms with Crippen LogP contribution in [0.25, 0.3) is 0 Å². The van der Waals surface area contributed by atoms with Crippen molar-refractivity contribution >= 4 is 29.5 Å². The van der Waals surface area contributed by atoms with Crippen molar-refractivity contribution in [3.8, 4) is 0 Å².